The lowest BCUT2D eigenvalue weighted by molar-refractivity contribution is -0.137. The van der Waals surface area contributed by atoms with Gasteiger partial charge < -0.3 is 14.7 Å². The molecule has 0 unspecified atom stereocenters. The third-order valence-corrected chi connectivity index (χ3v) is 4.31. The smallest absolute Gasteiger partial charge is 0.372 e. The highest BCUT2D eigenvalue weighted by Gasteiger charge is 2.32. The number of carbonyl (C=O) groups is 1. The van der Waals surface area contributed by atoms with Gasteiger partial charge in [0.25, 0.3) is 0 Å². The summed E-state index contributed by atoms with van der Waals surface area (Å²) in [5, 5.41) is 6.72. The van der Waals surface area contributed by atoms with Gasteiger partial charge in [-0.1, -0.05) is 30.6 Å². The van der Waals surface area contributed by atoms with E-state index in [1.54, 1.807) is 20.0 Å². The van der Waals surface area contributed by atoms with Crippen molar-refractivity contribution in [2.75, 3.05) is 12.4 Å². The van der Waals surface area contributed by atoms with Crippen LogP contribution >= 0.6 is 11.6 Å². The minimum Gasteiger partial charge on any atom is -0.372 e. The molecule has 27 heavy (non-hydrogen) atoms. The Kier molecular flexibility index (Phi) is 6.41. The zero-order valence-corrected chi connectivity index (χ0v) is 16.1. The molecule has 1 atom stereocenters. The molecule has 9 heteroatoms. The standard InChI is InChI=1S/C18H21ClF3N3O2/c1-10(2)16(17(26)25(4)9-13-7-11(3)27-24-13)23-15-6-5-12(8-14(15)19)18(20,21)22/h5-8,10,16,23H,9H2,1-4H3/t16-/m0/s1. The lowest BCUT2D eigenvalue weighted by Crippen LogP contribution is -2.43. The number of anilines is 1. The quantitative estimate of drug-likeness (QED) is 0.756. The molecule has 2 aromatic rings. The first kappa shape index (κ1) is 21.1. The summed E-state index contributed by atoms with van der Waals surface area (Å²) in [7, 11) is 1.62. The van der Waals surface area contributed by atoms with Gasteiger partial charge in [0.2, 0.25) is 5.91 Å². The van der Waals surface area contributed by atoms with Crippen LogP contribution in [0, 0.1) is 12.8 Å². The Morgan fingerprint density at radius 2 is 2.00 bits per heavy atom. The second-order valence-electron chi connectivity index (χ2n) is 6.68. The molecule has 5 nitrogen and oxygen atoms in total. The number of alkyl halides is 3. The van der Waals surface area contributed by atoms with E-state index < -0.39 is 17.8 Å². The first-order valence-corrected chi connectivity index (χ1v) is 8.67. The Balaban J connectivity index is 2.16. The molecule has 1 aromatic carbocycles. The minimum absolute atomic E-state index is 0.0990. The van der Waals surface area contributed by atoms with Crippen LogP contribution in [0.5, 0.6) is 0 Å². The number of likely N-dealkylation sites (N-methyl/N-ethyl adjacent to an activating group) is 1. The first-order chi connectivity index (χ1) is 12.5. The van der Waals surface area contributed by atoms with Crippen molar-refractivity contribution in [3.05, 3.63) is 46.3 Å². The fourth-order valence-corrected chi connectivity index (χ4v) is 2.78. The SMILES string of the molecule is Cc1cc(CN(C)C(=O)[C@@H](Nc2ccc(C(F)(F)F)cc2Cl)C(C)C)no1. The molecule has 1 aromatic heterocycles. The fraction of sp³-hybridized carbons (Fsp3) is 0.444. The van der Waals surface area contributed by atoms with Crippen molar-refractivity contribution in [3.8, 4) is 0 Å². The van der Waals surface area contributed by atoms with Gasteiger partial charge in [-0.15, -0.1) is 0 Å². The summed E-state index contributed by atoms with van der Waals surface area (Å²) in [5.41, 5.74) is 0.0322. The summed E-state index contributed by atoms with van der Waals surface area (Å²) in [5.74, 6) is 0.278. The summed E-state index contributed by atoms with van der Waals surface area (Å²) in [6.07, 6.45) is -4.48. The van der Waals surface area contributed by atoms with Gasteiger partial charge in [-0.3, -0.25) is 4.79 Å². The number of rotatable bonds is 6. The molecule has 0 radical (unpaired) electrons. The molecule has 2 rings (SSSR count). The third-order valence-electron chi connectivity index (χ3n) is 3.99. The number of aryl methyl sites for hydroxylation is 1. The van der Waals surface area contributed by atoms with E-state index in [9.17, 15) is 18.0 Å². The highest BCUT2D eigenvalue weighted by molar-refractivity contribution is 6.33. The highest BCUT2D eigenvalue weighted by Crippen LogP contribution is 2.34. The lowest BCUT2D eigenvalue weighted by atomic mass is 10.0. The summed E-state index contributed by atoms with van der Waals surface area (Å²) in [6, 6.07) is 4.06. The van der Waals surface area contributed by atoms with Crippen molar-refractivity contribution in [2.24, 2.45) is 5.92 Å². The van der Waals surface area contributed by atoms with Crippen LogP contribution in [0.3, 0.4) is 0 Å². The number of benzene rings is 1. The molecule has 0 aliphatic carbocycles. The second kappa shape index (κ2) is 8.21. The second-order valence-corrected chi connectivity index (χ2v) is 7.09. The summed E-state index contributed by atoms with van der Waals surface area (Å²) in [4.78, 5) is 14.3. The van der Waals surface area contributed by atoms with Crippen molar-refractivity contribution in [3.63, 3.8) is 0 Å². The van der Waals surface area contributed by atoms with Crippen LogP contribution in [0.25, 0.3) is 0 Å². The molecule has 0 saturated heterocycles. The van der Waals surface area contributed by atoms with Gasteiger partial charge in [-0.05, 0) is 31.0 Å². The number of carbonyl (C=O) groups excluding carboxylic acids is 1. The molecule has 0 bridgehead atoms. The van der Waals surface area contributed by atoms with Crippen LogP contribution in [0.2, 0.25) is 5.02 Å². The Bertz CT molecular complexity index is 805. The van der Waals surface area contributed by atoms with E-state index in [0.717, 1.165) is 12.1 Å². The summed E-state index contributed by atoms with van der Waals surface area (Å²) < 4.78 is 43.3. The lowest BCUT2D eigenvalue weighted by Gasteiger charge is -2.28. The topological polar surface area (TPSA) is 58.4 Å². The highest BCUT2D eigenvalue weighted by atomic mass is 35.5. The van der Waals surface area contributed by atoms with E-state index in [4.69, 9.17) is 16.1 Å². The van der Waals surface area contributed by atoms with Gasteiger partial charge in [0.05, 0.1) is 22.8 Å². The van der Waals surface area contributed by atoms with Crippen LogP contribution in [0.4, 0.5) is 18.9 Å². The Morgan fingerprint density at radius 3 is 2.48 bits per heavy atom. The maximum atomic E-state index is 12.8. The van der Waals surface area contributed by atoms with Crippen molar-refractivity contribution in [1.82, 2.24) is 10.1 Å². The van der Waals surface area contributed by atoms with E-state index in [0.29, 0.717) is 11.5 Å². The minimum atomic E-state index is -4.48. The average molecular weight is 404 g/mol. The Labute approximate surface area is 160 Å². The molecule has 0 spiro atoms. The van der Waals surface area contributed by atoms with E-state index in [1.807, 2.05) is 13.8 Å². The molecule has 148 valence electrons. The first-order valence-electron chi connectivity index (χ1n) is 8.29. The van der Waals surface area contributed by atoms with Crippen LogP contribution < -0.4 is 5.32 Å². The Hall–Kier alpha value is -2.22. The molecule has 0 fully saturated rings. The van der Waals surface area contributed by atoms with Crippen LogP contribution in [0.1, 0.15) is 30.9 Å². The number of nitrogens with one attached hydrogen (secondary N) is 1. The molecule has 1 heterocycles. The van der Waals surface area contributed by atoms with E-state index in [-0.39, 0.29) is 29.1 Å². The van der Waals surface area contributed by atoms with Crippen LogP contribution in [0.15, 0.2) is 28.8 Å². The fourth-order valence-electron chi connectivity index (χ4n) is 2.54. The number of amides is 1. The zero-order chi connectivity index (χ0) is 20.4. The Morgan fingerprint density at radius 1 is 1.33 bits per heavy atom. The summed E-state index contributed by atoms with van der Waals surface area (Å²) >= 11 is 5.99. The normalized spacial score (nSPS) is 12.9. The summed E-state index contributed by atoms with van der Waals surface area (Å²) in [6.45, 7) is 5.68. The third kappa shape index (κ3) is 5.38. The van der Waals surface area contributed by atoms with Crippen molar-refractivity contribution < 1.29 is 22.5 Å². The van der Waals surface area contributed by atoms with Crippen molar-refractivity contribution in [1.29, 1.82) is 0 Å². The number of hydrogen-bond acceptors (Lipinski definition) is 4. The molecule has 1 N–H and O–H groups in total. The number of aromatic nitrogens is 1. The number of nitrogens with zero attached hydrogens (tertiary/aromatic N) is 2. The molecule has 0 aliphatic heterocycles. The molecule has 0 saturated carbocycles. The monoisotopic (exact) mass is 403 g/mol. The number of hydrogen-bond donors (Lipinski definition) is 1. The van der Waals surface area contributed by atoms with Crippen molar-refractivity contribution >= 4 is 23.2 Å². The van der Waals surface area contributed by atoms with E-state index in [1.165, 1.54) is 11.0 Å². The van der Waals surface area contributed by atoms with Gasteiger partial charge >= 0.3 is 6.18 Å². The zero-order valence-electron chi connectivity index (χ0n) is 15.4. The van der Waals surface area contributed by atoms with Gasteiger partial charge in [0.15, 0.2) is 0 Å². The van der Waals surface area contributed by atoms with E-state index in [2.05, 4.69) is 10.5 Å². The number of halogens is 4. The largest absolute Gasteiger partial charge is 0.416 e. The van der Waals surface area contributed by atoms with Gasteiger partial charge in [0, 0.05) is 13.1 Å². The van der Waals surface area contributed by atoms with Crippen molar-refractivity contribution in [2.45, 2.75) is 39.5 Å². The predicted octanol–water partition coefficient (Wildman–Crippen LogP) is 4.75. The maximum Gasteiger partial charge on any atom is 0.416 e. The van der Waals surface area contributed by atoms with Crippen LogP contribution in [-0.4, -0.2) is 29.1 Å². The predicted molar refractivity (Wildman–Crippen MR) is 96.4 cm³/mol. The van der Waals surface area contributed by atoms with Gasteiger partial charge in [-0.2, -0.15) is 13.2 Å². The maximum absolute atomic E-state index is 12.8. The average Bonchev–Trinajstić information content (AvgIpc) is 2.96. The molecule has 0 aliphatic rings. The van der Waals surface area contributed by atoms with Gasteiger partial charge in [-0.25, -0.2) is 0 Å². The molecular formula is C18H21ClF3N3O2. The molecule has 1 amide bonds. The van der Waals surface area contributed by atoms with Gasteiger partial charge in [0.1, 0.15) is 17.5 Å². The molecular weight excluding hydrogens is 383 g/mol. The van der Waals surface area contributed by atoms with E-state index >= 15 is 0 Å². The van der Waals surface area contributed by atoms with Crippen LogP contribution in [-0.2, 0) is 17.5 Å².